The molecule has 4 nitrogen and oxygen atoms in total. The molecule has 0 aromatic rings. The van der Waals surface area contributed by atoms with Gasteiger partial charge in [-0.2, -0.15) is 12.6 Å². The molecule has 0 radical (unpaired) electrons. The Kier molecular flexibility index (Phi) is 6.13. The third-order valence-corrected chi connectivity index (χ3v) is 2.94. The van der Waals surface area contributed by atoms with Crippen molar-refractivity contribution in [3.05, 3.63) is 0 Å². The minimum Gasteiger partial charge on any atom is -0.376 e. The number of hydrogen-bond donors (Lipinski definition) is 2. The maximum absolute atomic E-state index is 5.49. The Labute approximate surface area is 98.1 Å². The van der Waals surface area contributed by atoms with Crippen LogP contribution in [0.15, 0.2) is 0 Å². The van der Waals surface area contributed by atoms with Gasteiger partial charge in [0, 0.05) is 27.8 Å². The Morgan fingerprint density at radius 2 is 1.73 bits per heavy atom. The summed E-state index contributed by atoms with van der Waals surface area (Å²) in [7, 11) is 3.15. The second kappa shape index (κ2) is 6.06. The summed E-state index contributed by atoms with van der Waals surface area (Å²) < 4.78 is 15.9. The van der Waals surface area contributed by atoms with Gasteiger partial charge in [-0.3, -0.25) is 0 Å². The summed E-state index contributed by atoms with van der Waals surface area (Å²) in [5.41, 5.74) is 0. The normalized spacial score (nSPS) is 18.6. The van der Waals surface area contributed by atoms with Gasteiger partial charge in [0.15, 0.2) is 0 Å². The summed E-state index contributed by atoms with van der Waals surface area (Å²) in [5, 5.41) is 3.15. The summed E-state index contributed by atoms with van der Waals surface area (Å²) in [6.07, 6.45) is -0.0598. The van der Waals surface area contributed by atoms with Gasteiger partial charge < -0.3 is 14.2 Å². The second-order valence-corrected chi connectivity index (χ2v) is 4.65. The van der Waals surface area contributed by atoms with Crippen molar-refractivity contribution in [1.29, 1.82) is 0 Å². The maximum atomic E-state index is 5.49. The number of thiol groups is 1. The average Bonchev–Trinajstić information content (AvgIpc) is 2.17. The fourth-order valence-corrected chi connectivity index (χ4v) is 1.44. The number of rotatable bonds is 7. The Hall–Kier alpha value is 0.190. The highest BCUT2D eigenvalue weighted by molar-refractivity contribution is 7.81. The lowest BCUT2D eigenvalue weighted by Crippen LogP contribution is -2.59. The lowest BCUT2D eigenvalue weighted by atomic mass is 10.2. The number of ether oxygens (including phenoxy) is 3. The van der Waals surface area contributed by atoms with Gasteiger partial charge in [0.05, 0.1) is 11.0 Å². The fourth-order valence-electron chi connectivity index (χ4n) is 1.16. The molecule has 0 aliphatic heterocycles. The fraction of sp³-hybridized carbons (Fsp3) is 1.00. The topological polar surface area (TPSA) is 39.7 Å². The lowest BCUT2D eigenvalue weighted by Gasteiger charge is -2.39. The Morgan fingerprint density at radius 3 is 2.07 bits per heavy atom. The molecule has 0 aliphatic carbocycles. The van der Waals surface area contributed by atoms with E-state index in [2.05, 4.69) is 17.9 Å². The molecule has 0 amide bonds. The molecule has 2 atom stereocenters. The number of nitrogens with one attached hydrogen (secondary N) is 1. The van der Waals surface area contributed by atoms with Gasteiger partial charge >= 0.3 is 0 Å². The van der Waals surface area contributed by atoms with Crippen LogP contribution in [0.25, 0.3) is 0 Å². The van der Waals surface area contributed by atoms with Crippen molar-refractivity contribution >= 4 is 12.6 Å². The zero-order valence-corrected chi connectivity index (χ0v) is 11.4. The van der Waals surface area contributed by atoms with E-state index >= 15 is 0 Å². The third-order valence-electron chi connectivity index (χ3n) is 2.47. The van der Waals surface area contributed by atoms with Gasteiger partial charge in [0.1, 0.15) is 0 Å². The van der Waals surface area contributed by atoms with Gasteiger partial charge in [-0.25, -0.2) is 5.32 Å². The molecule has 1 N–H and O–H groups in total. The maximum Gasteiger partial charge on any atom is 0.225 e. The second-order valence-electron chi connectivity index (χ2n) is 3.72. The van der Waals surface area contributed by atoms with E-state index in [-0.39, 0.29) is 6.10 Å². The van der Waals surface area contributed by atoms with Crippen LogP contribution in [0.5, 0.6) is 0 Å². The molecule has 15 heavy (non-hydrogen) atoms. The summed E-state index contributed by atoms with van der Waals surface area (Å²) in [6.45, 7) is 8.27. The van der Waals surface area contributed by atoms with Crippen LogP contribution in [-0.2, 0) is 14.2 Å². The van der Waals surface area contributed by atoms with Crippen LogP contribution in [0.2, 0.25) is 0 Å². The van der Waals surface area contributed by atoms with Gasteiger partial charge in [-0.05, 0) is 20.8 Å². The molecular weight excluding hydrogens is 214 g/mol. The predicted octanol–water partition coefficient (Wildman–Crippen LogP) is 1.61. The highest BCUT2D eigenvalue weighted by Gasteiger charge is 2.36. The van der Waals surface area contributed by atoms with Crippen molar-refractivity contribution < 1.29 is 14.2 Å². The van der Waals surface area contributed by atoms with Gasteiger partial charge in [-0.15, -0.1) is 0 Å². The zero-order valence-electron chi connectivity index (χ0n) is 10.5. The van der Waals surface area contributed by atoms with Crippen LogP contribution in [0.1, 0.15) is 27.7 Å². The van der Waals surface area contributed by atoms with Crippen molar-refractivity contribution in [3.63, 3.8) is 0 Å². The van der Waals surface area contributed by atoms with Crippen molar-refractivity contribution in [1.82, 2.24) is 5.32 Å². The molecule has 5 heteroatoms. The minimum absolute atomic E-state index is 0.0598. The van der Waals surface area contributed by atoms with Crippen LogP contribution in [-0.4, -0.2) is 37.7 Å². The Balaban J connectivity index is 4.46. The highest BCUT2D eigenvalue weighted by atomic mass is 32.1. The predicted molar refractivity (Wildman–Crippen MR) is 64.0 cm³/mol. The van der Waals surface area contributed by atoms with Crippen LogP contribution < -0.4 is 5.32 Å². The summed E-state index contributed by atoms with van der Waals surface area (Å²) >= 11 is 4.52. The van der Waals surface area contributed by atoms with E-state index in [1.165, 1.54) is 0 Å². The van der Waals surface area contributed by atoms with Gasteiger partial charge in [-0.1, -0.05) is 0 Å². The van der Waals surface area contributed by atoms with E-state index in [9.17, 15) is 0 Å². The summed E-state index contributed by atoms with van der Waals surface area (Å²) in [4.78, 5) is -0.531. The number of hydrogen-bond acceptors (Lipinski definition) is 5. The van der Waals surface area contributed by atoms with Crippen molar-refractivity contribution in [2.75, 3.05) is 20.8 Å². The largest absolute Gasteiger partial charge is 0.376 e. The molecule has 0 rings (SSSR count). The third kappa shape index (κ3) is 4.70. The molecule has 0 saturated heterocycles. The van der Waals surface area contributed by atoms with Crippen molar-refractivity contribution in [2.45, 2.75) is 44.6 Å². The molecule has 0 heterocycles. The van der Waals surface area contributed by atoms with Crippen LogP contribution in [0, 0.1) is 0 Å². The molecule has 0 saturated carbocycles. The molecule has 0 bridgehead atoms. The number of methoxy groups -OCH3 is 2. The zero-order chi connectivity index (χ0) is 12.1. The van der Waals surface area contributed by atoms with Crippen LogP contribution >= 0.6 is 12.6 Å². The first-order chi connectivity index (χ1) is 6.81. The quantitative estimate of drug-likeness (QED) is 0.521. The smallest absolute Gasteiger partial charge is 0.225 e. The standard InChI is InChI=1S/C10H23NO3S/c1-7-14-8(2)9(3,15)11-10(4,12-5)13-6/h8,11,15H,7H2,1-6H3. The molecule has 0 aromatic carbocycles. The molecule has 92 valence electrons. The van der Waals surface area contributed by atoms with Crippen LogP contribution in [0.4, 0.5) is 0 Å². The van der Waals surface area contributed by atoms with E-state index < -0.39 is 10.8 Å². The minimum atomic E-state index is -0.859. The molecule has 0 aliphatic rings. The molecule has 0 fully saturated rings. The lowest BCUT2D eigenvalue weighted by molar-refractivity contribution is -0.225. The highest BCUT2D eigenvalue weighted by Crippen LogP contribution is 2.22. The van der Waals surface area contributed by atoms with E-state index in [4.69, 9.17) is 14.2 Å². The summed E-state index contributed by atoms with van der Waals surface area (Å²) in [6, 6.07) is 0. The van der Waals surface area contributed by atoms with E-state index in [1.54, 1.807) is 21.1 Å². The van der Waals surface area contributed by atoms with Crippen molar-refractivity contribution in [2.24, 2.45) is 0 Å². The molecular formula is C10H23NO3S. The summed E-state index contributed by atoms with van der Waals surface area (Å²) in [5.74, 6) is -0.859. The van der Waals surface area contributed by atoms with E-state index in [0.29, 0.717) is 6.61 Å². The average molecular weight is 237 g/mol. The van der Waals surface area contributed by atoms with Gasteiger partial charge in [0.25, 0.3) is 0 Å². The first kappa shape index (κ1) is 15.2. The van der Waals surface area contributed by atoms with E-state index in [0.717, 1.165) is 0 Å². The first-order valence-electron chi connectivity index (χ1n) is 5.05. The van der Waals surface area contributed by atoms with Crippen molar-refractivity contribution in [3.8, 4) is 0 Å². The Bertz CT molecular complexity index is 184. The molecule has 0 aromatic heterocycles. The van der Waals surface area contributed by atoms with E-state index in [1.807, 2.05) is 20.8 Å². The monoisotopic (exact) mass is 237 g/mol. The van der Waals surface area contributed by atoms with Crippen LogP contribution in [0.3, 0.4) is 0 Å². The van der Waals surface area contributed by atoms with Gasteiger partial charge in [0.2, 0.25) is 5.91 Å². The first-order valence-corrected chi connectivity index (χ1v) is 5.49. The SMILES string of the molecule is CCOC(C)C(C)(S)NC(C)(OC)OC. The molecule has 0 spiro atoms. The Morgan fingerprint density at radius 1 is 1.27 bits per heavy atom. The molecule has 2 unspecified atom stereocenters.